The predicted molar refractivity (Wildman–Crippen MR) is 241 cm³/mol. The Morgan fingerprint density at radius 3 is 0.909 bits per heavy atom. The molecule has 0 spiro atoms. The number of hydrogen-bond donors (Lipinski definition) is 1. The first-order valence-corrected chi connectivity index (χ1v) is 20.0. The lowest BCUT2D eigenvalue weighted by Crippen LogP contribution is -1.93. The van der Waals surface area contributed by atoms with Crippen LogP contribution in [-0.4, -0.2) is 21.8 Å². The third kappa shape index (κ3) is 12.4. The summed E-state index contributed by atoms with van der Waals surface area (Å²) in [6, 6.07) is 48.9. The normalized spacial score (nSPS) is 10.2. The fourth-order valence-electron chi connectivity index (χ4n) is 6.19. The van der Waals surface area contributed by atoms with Crippen LogP contribution in [0.25, 0.3) is 33.4 Å². The highest BCUT2D eigenvalue weighted by molar-refractivity contribution is 6.21. The van der Waals surface area contributed by atoms with Gasteiger partial charge in [-0.05, 0) is 62.1 Å². The van der Waals surface area contributed by atoms with Crippen molar-refractivity contribution in [3.05, 3.63) is 179 Å². The Hall–Kier alpha value is -5.13. The van der Waals surface area contributed by atoms with Crippen molar-refractivity contribution in [1.29, 1.82) is 0 Å². The number of carbonyl (C=O) groups is 1. The van der Waals surface area contributed by atoms with Gasteiger partial charge in [0.15, 0.2) is 5.78 Å². The summed E-state index contributed by atoms with van der Waals surface area (Å²) in [4.78, 5) is 11.9. The minimum Gasteiger partial charge on any atom is -0.412 e. The van der Waals surface area contributed by atoms with E-state index in [1.807, 2.05) is 168 Å². The van der Waals surface area contributed by atoms with Crippen LogP contribution in [0.1, 0.15) is 127 Å². The van der Waals surface area contributed by atoms with Gasteiger partial charge in [-0.2, -0.15) is 0 Å². The molecule has 0 aliphatic heterocycles. The highest BCUT2D eigenvalue weighted by atomic mass is 16.3. The van der Waals surface area contributed by atoms with Crippen molar-refractivity contribution in [3.8, 4) is 33.4 Å². The Morgan fingerprint density at radius 2 is 0.582 bits per heavy atom. The largest absolute Gasteiger partial charge is 0.412 e. The van der Waals surface area contributed by atoms with E-state index in [0.29, 0.717) is 0 Å². The van der Waals surface area contributed by atoms with Gasteiger partial charge in [0.1, 0.15) is 6.10 Å². The van der Waals surface area contributed by atoms with Gasteiger partial charge < -0.3 is 16.1 Å². The van der Waals surface area contributed by atoms with E-state index in [1.165, 1.54) is 22.3 Å². The zero-order valence-corrected chi connectivity index (χ0v) is 35.5. The van der Waals surface area contributed by atoms with Crippen LogP contribution in [0.3, 0.4) is 0 Å². The van der Waals surface area contributed by atoms with E-state index in [0.717, 1.165) is 50.9 Å². The Morgan fingerprint density at radius 1 is 0.345 bits per heavy atom. The number of carbonyl (C=O) groups excluding carboxylic acids is 1. The molecule has 4 heteroatoms. The average Bonchev–Trinajstić information content (AvgIpc) is 3.90. The molecular formula is C51H68O4. The molecule has 4 nitrogen and oxygen atoms in total. The lowest BCUT2D eigenvalue weighted by Gasteiger charge is -2.03. The van der Waals surface area contributed by atoms with Crippen LogP contribution in [0, 0.1) is 0 Å². The molecule has 5 N–H and O–H groups in total. The number of rotatable bonds is 0. The smallest absolute Gasteiger partial charge is 0.194 e. The minimum atomic E-state index is -0.442. The molecule has 9 rings (SSSR count). The summed E-state index contributed by atoms with van der Waals surface area (Å²) >= 11 is 0. The first-order chi connectivity index (χ1) is 26.2. The average molecular weight is 745 g/mol. The SMILES string of the molecule is CC.CC.CC.CC.CC.CC.O.O.O=C1c2ccccc2-c2ccccc21.OC1c2ccccc2-c2ccccc21.c1ccc2c(c1)Cc1ccccc1-2. The molecule has 0 unspecified atom stereocenters. The maximum atomic E-state index is 11.9. The van der Waals surface area contributed by atoms with Gasteiger partial charge in [0.2, 0.25) is 0 Å². The maximum Gasteiger partial charge on any atom is 0.194 e. The Balaban J connectivity index is 0. The minimum absolute atomic E-state index is 0. The zero-order chi connectivity index (χ0) is 39.8. The Bertz CT molecular complexity index is 1790. The van der Waals surface area contributed by atoms with Crippen molar-refractivity contribution >= 4 is 5.78 Å². The van der Waals surface area contributed by atoms with E-state index in [9.17, 15) is 9.90 Å². The van der Waals surface area contributed by atoms with Crippen molar-refractivity contribution in [2.24, 2.45) is 0 Å². The third-order valence-corrected chi connectivity index (χ3v) is 8.14. The number of aliphatic hydroxyl groups is 1. The molecular weight excluding hydrogens is 677 g/mol. The molecule has 6 aromatic rings. The van der Waals surface area contributed by atoms with Crippen LogP contribution < -0.4 is 0 Å². The van der Waals surface area contributed by atoms with E-state index in [4.69, 9.17) is 0 Å². The lowest BCUT2D eigenvalue weighted by molar-refractivity contribution is 0.104. The second-order valence-electron chi connectivity index (χ2n) is 10.5. The zero-order valence-electron chi connectivity index (χ0n) is 35.5. The molecule has 0 radical (unpaired) electrons. The molecule has 0 heterocycles. The van der Waals surface area contributed by atoms with Gasteiger partial charge in [-0.15, -0.1) is 0 Å². The van der Waals surface area contributed by atoms with Gasteiger partial charge in [-0.1, -0.05) is 229 Å². The fraction of sp³-hybridized carbons (Fsp3) is 0.275. The van der Waals surface area contributed by atoms with Gasteiger partial charge in [0.05, 0.1) is 0 Å². The summed E-state index contributed by atoms with van der Waals surface area (Å²) in [6.45, 7) is 24.0. The van der Waals surface area contributed by atoms with E-state index >= 15 is 0 Å². The van der Waals surface area contributed by atoms with Crippen molar-refractivity contribution in [2.45, 2.75) is 95.6 Å². The number of benzene rings is 6. The standard InChI is InChI=1S/C13H10O.C13H8O.C13H10.6C2H6.2H2O/c2*14-13-11-7-3-1-5-9(11)10-6-2-4-8-12(10)13;1-3-7-12-10(5-1)9-11-6-2-4-8-13(11)12;6*1-2;;/h1-8,13-14H;1-8H;1-8H,9H2;6*1-2H3;2*1H2. The predicted octanol–water partition coefficient (Wildman–Crippen LogP) is 13.4. The van der Waals surface area contributed by atoms with Crippen LogP contribution in [0.15, 0.2) is 146 Å². The lowest BCUT2D eigenvalue weighted by atomic mass is 10.1. The van der Waals surface area contributed by atoms with Gasteiger partial charge >= 0.3 is 0 Å². The number of hydrogen-bond acceptors (Lipinski definition) is 2. The molecule has 0 aromatic heterocycles. The van der Waals surface area contributed by atoms with Gasteiger partial charge in [0.25, 0.3) is 0 Å². The molecule has 6 aromatic carbocycles. The molecule has 0 bridgehead atoms. The topological polar surface area (TPSA) is 100 Å². The summed E-state index contributed by atoms with van der Waals surface area (Å²) in [5.41, 5.74) is 13.9. The Kier molecular flexibility index (Phi) is 27.6. The van der Waals surface area contributed by atoms with Crippen molar-refractivity contribution < 1.29 is 20.9 Å². The van der Waals surface area contributed by atoms with E-state index in [-0.39, 0.29) is 16.7 Å². The van der Waals surface area contributed by atoms with E-state index < -0.39 is 6.10 Å². The molecule has 3 aliphatic rings. The van der Waals surface area contributed by atoms with Gasteiger partial charge in [0, 0.05) is 11.1 Å². The number of aliphatic hydroxyl groups excluding tert-OH is 1. The third-order valence-electron chi connectivity index (χ3n) is 8.14. The second-order valence-corrected chi connectivity index (χ2v) is 10.5. The molecule has 0 amide bonds. The van der Waals surface area contributed by atoms with Crippen molar-refractivity contribution in [2.75, 3.05) is 0 Å². The van der Waals surface area contributed by atoms with Crippen LogP contribution in [0.2, 0.25) is 0 Å². The van der Waals surface area contributed by atoms with Crippen LogP contribution in [-0.2, 0) is 6.42 Å². The maximum absolute atomic E-state index is 11.9. The quantitative estimate of drug-likeness (QED) is 0.167. The van der Waals surface area contributed by atoms with Crippen molar-refractivity contribution in [3.63, 3.8) is 0 Å². The molecule has 3 aliphatic carbocycles. The summed E-state index contributed by atoms with van der Waals surface area (Å²) < 4.78 is 0. The monoisotopic (exact) mass is 745 g/mol. The summed E-state index contributed by atoms with van der Waals surface area (Å²) in [5.74, 6) is 0.149. The molecule has 0 saturated heterocycles. The van der Waals surface area contributed by atoms with Crippen LogP contribution in [0.5, 0.6) is 0 Å². The number of ketones is 1. The molecule has 0 atom stereocenters. The van der Waals surface area contributed by atoms with Gasteiger partial charge in [-0.3, -0.25) is 4.79 Å². The Labute approximate surface area is 333 Å². The van der Waals surface area contributed by atoms with Crippen LogP contribution in [0.4, 0.5) is 0 Å². The first-order valence-electron chi connectivity index (χ1n) is 20.0. The molecule has 0 saturated carbocycles. The fourth-order valence-corrected chi connectivity index (χ4v) is 6.19. The van der Waals surface area contributed by atoms with Crippen molar-refractivity contribution in [1.82, 2.24) is 0 Å². The molecule has 55 heavy (non-hydrogen) atoms. The number of fused-ring (bicyclic) bond motifs is 9. The summed E-state index contributed by atoms with van der Waals surface area (Å²) in [7, 11) is 0. The molecule has 0 fully saturated rings. The van der Waals surface area contributed by atoms with Gasteiger partial charge in [-0.25, -0.2) is 0 Å². The van der Waals surface area contributed by atoms with Crippen LogP contribution >= 0.6 is 0 Å². The highest BCUT2D eigenvalue weighted by Crippen LogP contribution is 2.42. The first kappa shape index (κ1) is 52.0. The summed E-state index contributed by atoms with van der Waals surface area (Å²) in [6.07, 6.45) is 0.661. The van der Waals surface area contributed by atoms with E-state index in [1.54, 1.807) is 0 Å². The highest BCUT2D eigenvalue weighted by Gasteiger charge is 2.26. The van der Waals surface area contributed by atoms with E-state index in [2.05, 4.69) is 60.7 Å². The second kappa shape index (κ2) is 29.3. The molecule has 296 valence electrons. The summed E-state index contributed by atoms with van der Waals surface area (Å²) in [5, 5.41) is 10.0.